The minimum absolute atomic E-state index is 0.0656. The fourth-order valence-electron chi connectivity index (χ4n) is 2.10. The number of nitrogens with zero attached hydrogens (tertiary/aromatic N) is 3. The molecule has 0 spiro atoms. The smallest absolute Gasteiger partial charge is 0.244 e. The topological polar surface area (TPSA) is 63.2 Å². The van der Waals surface area contributed by atoms with Gasteiger partial charge in [0.1, 0.15) is 11.2 Å². The van der Waals surface area contributed by atoms with Crippen LogP contribution in [0.1, 0.15) is 11.3 Å². The van der Waals surface area contributed by atoms with Gasteiger partial charge in [-0.1, -0.05) is 29.3 Å². The average Bonchev–Trinajstić information content (AvgIpc) is 2.82. The number of sulfonamides is 1. The van der Waals surface area contributed by atoms with Gasteiger partial charge in [-0.25, -0.2) is 18.4 Å². The van der Waals surface area contributed by atoms with Gasteiger partial charge in [0.25, 0.3) is 0 Å². The second-order valence-electron chi connectivity index (χ2n) is 4.32. The van der Waals surface area contributed by atoms with Crippen molar-refractivity contribution in [3.05, 3.63) is 52.0 Å². The van der Waals surface area contributed by atoms with Gasteiger partial charge in [-0.05, 0) is 12.1 Å². The zero-order valence-corrected chi connectivity index (χ0v) is 12.5. The zero-order chi connectivity index (χ0) is 14.3. The molecular weight excluding hydrogens is 321 g/mol. The molecule has 0 amide bonds. The van der Waals surface area contributed by atoms with E-state index in [0.717, 1.165) is 5.56 Å². The van der Waals surface area contributed by atoms with E-state index in [-0.39, 0.29) is 28.0 Å². The van der Waals surface area contributed by atoms with Crippen LogP contribution in [0.15, 0.2) is 35.6 Å². The summed E-state index contributed by atoms with van der Waals surface area (Å²) in [7, 11) is -3.77. The first-order valence-corrected chi connectivity index (χ1v) is 7.91. The number of aromatic nitrogens is 2. The molecule has 1 aliphatic heterocycles. The maximum absolute atomic E-state index is 12.7. The molecule has 0 saturated heterocycles. The van der Waals surface area contributed by atoms with Crippen LogP contribution in [0.3, 0.4) is 0 Å². The van der Waals surface area contributed by atoms with E-state index in [9.17, 15) is 8.42 Å². The Morgan fingerprint density at radius 1 is 1.15 bits per heavy atom. The molecule has 2 heterocycles. The van der Waals surface area contributed by atoms with E-state index >= 15 is 0 Å². The molecule has 20 heavy (non-hydrogen) atoms. The Bertz CT molecular complexity index is 735. The first-order chi connectivity index (χ1) is 9.50. The molecule has 1 aromatic carbocycles. The molecule has 1 aromatic heterocycles. The molecule has 0 fully saturated rings. The Morgan fingerprint density at radius 3 is 2.50 bits per heavy atom. The van der Waals surface area contributed by atoms with Crippen LogP contribution in [0.25, 0.3) is 0 Å². The van der Waals surface area contributed by atoms with Crippen LogP contribution < -0.4 is 0 Å². The third-order valence-corrected chi connectivity index (χ3v) is 5.82. The highest BCUT2D eigenvalue weighted by molar-refractivity contribution is 7.89. The number of fused-ring (bicyclic) bond motifs is 1. The summed E-state index contributed by atoms with van der Waals surface area (Å²) in [6.45, 7) is 0.418. The first kappa shape index (κ1) is 13.8. The van der Waals surface area contributed by atoms with Gasteiger partial charge < -0.3 is 0 Å². The van der Waals surface area contributed by atoms with Crippen LogP contribution in [0, 0.1) is 0 Å². The third kappa shape index (κ3) is 2.18. The lowest BCUT2D eigenvalue weighted by Crippen LogP contribution is -2.26. The van der Waals surface area contributed by atoms with Crippen molar-refractivity contribution in [2.24, 2.45) is 0 Å². The minimum Gasteiger partial charge on any atom is -0.244 e. The molecule has 8 heteroatoms. The maximum Gasteiger partial charge on any atom is 0.246 e. The number of benzene rings is 1. The molecule has 0 radical (unpaired) electrons. The monoisotopic (exact) mass is 329 g/mol. The van der Waals surface area contributed by atoms with Gasteiger partial charge in [0.15, 0.2) is 0 Å². The summed E-state index contributed by atoms with van der Waals surface area (Å²) in [4.78, 5) is 7.91. The normalized spacial score (nSPS) is 15.3. The second-order valence-corrected chi connectivity index (χ2v) is 7.01. The van der Waals surface area contributed by atoms with E-state index in [1.54, 1.807) is 12.3 Å². The van der Waals surface area contributed by atoms with Gasteiger partial charge in [-0.3, -0.25) is 0 Å². The number of halogens is 2. The molecule has 0 unspecified atom stereocenters. The fraction of sp³-hybridized carbons (Fsp3) is 0.167. The van der Waals surface area contributed by atoms with Gasteiger partial charge in [-0.2, -0.15) is 4.31 Å². The van der Waals surface area contributed by atoms with Gasteiger partial charge in [-0.15, -0.1) is 0 Å². The largest absolute Gasteiger partial charge is 0.246 e. The number of hydrogen-bond donors (Lipinski definition) is 0. The summed E-state index contributed by atoms with van der Waals surface area (Å²) >= 11 is 12.0. The van der Waals surface area contributed by atoms with E-state index in [1.807, 2.05) is 0 Å². The highest BCUT2D eigenvalue weighted by Gasteiger charge is 2.34. The van der Waals surface area contributed by atoms with Gasteiger partial charge in [0, 0.05) is 18.3 Å². The molecule has 0 aliphatic carbocycles. The van der Waals surface area contributed by atoms with E-state index in [4.69, 9.17) is 23.2 Å². The Balaban J connectivity index is 2.03. The SMILES string of the molecule is O=S(=O)(c1c(Cl)cccc1Cl)N1Cc2cncnc2C1. The van der Waals surface area contributed by atoms with Gasteiger partial charge in [0.05, 0.1) is 22.3 Å². The van der Waals surface area contributed by atoms with Crippen molar-refractivity contribution in [1.82, 2.24) is 14.3 Å². The summed E-state index contributed by atoms with van der Waals surface area (Å²) in [5.74, 6) is 0. The molecule has 0 N–H and O–H groups in total. The molecule has 0 saturated carbocycles. The Morgan fingerprint density at radius 2 is 1.85 bits per heavy atom. The lowest BCUT2D eigenvalue weighted by atomic mass is 10.3. The summed E-state index contributed by atoms with van der Waals surface area (Å²) in [5.41, 5.74) is 1.49. The molecule has 104 valence electrons. The zero-order valence-electron chi connectivity index (χ0n) is 10.1. The number of rotatable bonds is 2. The Hall–Kier alpha value is -1.21. The third-order valence-electron chi connectivity index (χ3n) is 3.07. The lowest BCUT2D eigenvalue weighted by Gasteiger charge is -2.17. The standard InChI is InChI=1S/C12H9Cl2N3O2S/c13-9-2-1-3-10(14)12(9)20(18,19)17-5-8-4-15-7-16-11(8)6-17/h1-4,7H,5-6H2. The van der Waals surface area contributed by atoms with Crippen LogP contribution >= 0.6 is 23.2 Å². The van der Waals surface area contributed by atoms with E-state index in [0.29, 0.717) is 5.69 Å². The first-order valence-electron chi connectivity index (χ1n) is 5.72. The van der Waals surface area contributed by atoms with Crippen LogP contribution in [0.2, 0.25) is 10.0 Å². The second kappa shape index (κ2) is 4.96. The van der Waals surface area contributed by atoms with Gasteiger partial charge in [0.2, 0.25) is 10.0 Å². The van der Waals surface area contributed by atoms with Crippen molar-refractivity contribution in [2.45, 2.75) is 18.0 Å². The Labute approximate surface area is 126 Å². The predicted molar refractivity (Wildman–Crippen MR) is 74.9 cm³/mol. The molecule has 5 nitrogen and oxygen atoms in total. The van der Waals surface area contributed by atoms with Crippen molar-refractivity contribution in [3.8, 4) is 0 Å². The number of hydrogen-bond acceptors (Lipinski definition) is 4. The molecule has 0 bridgehead atoms. The quantitative estimate of drug-likeness (QED) is 0.849. The van der Waals surface area contributed by atoms with Crippen molar-refractivity contribution in [3.63, 3.8) is 0 Å². The van der Waals surface area contributed by atoms with E-state index in [2.05, 4.69) is 9.97 Å². The van der Waals surface area contributed by atoms with Crippen molar-refractivity contribution < 1.29 is 8.42 Å². The van der Waals surface area contributed by atoms with Crippen molar-refractivity contribution in [1.29, 1.82) is 0 Å². The highest BCUT2D eigenvalue weighted by atomic mass is 35.5. The lowest BCUT2D eigenvalue weighted by molar-refractivity contribution is 0.430. The summed E-state index contributed by atoms with van der Waals surface area (Å²) < 4.78 is 26.6. The summed E-state index contributed by atoms with van der Waals surface area (Å²) in [5, 5.41) is 0.221. The maximum atomic E-state index is 12.7. The van der Waals surface area contributed by atoms with Crippen LogP contribution in [0.4, 0.5) is 0 Å². The molecular formula is C12H9Cl2N3O2S. The fourth-order valence-corrected chi connectivity index (χ4v) is 4.57. The van der Waals surface area contributed by atoms with E-state index in [1.165, 1.54) is 22.8 Å². The molecule has 0 atom stereocenters. The van der Waals surface area contributed by atoms with Crippen LogP contribution in [0.5, 0.6) is 0 Å². The van der Waals surface area contributed by atoms with Crippen LogP contribution in [-0.2, 0) is 23.1 Å². The van der Waals surface area contributed by atoms with Crippen molar-refractivity contribution >= 4 is 33.2 Å². The van der Waals surface area contributed by atoms with Crippen LogP contribution in [-0.4, -0.2) is 22.7 Å². The molecule has 1 aliphatic rings. The molecule has 2 aromatic rings. The molecule has 3 rings (SSSR count). The van der Waals surface area contributed by atoms with E-state index < -0.39 is 10.0 Å². The van der Waals surface area contributed by atoms with Crippen molar-refractivity contribution in [2.75, 3.05) is 0 Å². The summed E-state index contributed by atoms with van der Waals surface area (Å²) in [6, 6.07) is 4.61. The predicted octanol–water partition coefficient (Wildman–Crippen LogP) is 2.49. The average molecular weight is 330 g/mol. The summed E-state index contributed by atoms with van der Waals surface area (Å²) in [6.07, 6.45) is 3.02. The Kier molecular flexibility index (Phi) is 3.41. The highest BCUT2D eigenvalue weighted by Crippen LogP contribution is 2.34. The van der Waals surface area contributed by atoms with Gasteiger partial charge >= 0.3 is 0 Å². The minimum atomic E-state index is -3.77.